The molecule has 2 nitrogen and oxygen atoms in total. The van der Waals surface area contributed by atoms with Gasteiger partial charge < -0.3 is 4.74 Å². The standard InChI is InChI=1S/C41H72O2/c1-4-7-9-11-13-15-17-19-21-23-25-27-29-31-33-35-38-40(43-41(42)37-6-3)39-36-34-32-30-28-26-24-22-20-18-16-14-12-10-8-5-2/h6,13-16,19-22,37,40H,4-5,7-12,17-18,23-36,38-39H2,1-3H3/b15-13-,16-14-,21-19-,22-20-,37-6+. The molecule has 0 aliphatic heterocycles. The van der Waals surface area contributed by atoms with Gasteiger partial charge in [-0.25, -0.2) is 4.79 Å². The van der Waals surface area contributed by atoms with Crippen molar-refractivity contribution in [3.63, 3.8) is 0 Å². The van der Waals surface area contributed by atoms with Crippen molar-refractivity contribution in [1.29, 1.82) is 0 Å². The summed E-state index contributed by atoms with van der Waals surface area (Å²) >= 11 is 0. The SMILES string of the molecule is C/C=C/C(=O)OC(CCCCCCCC/C=C\C/C=C\CCCCC)CCCCCCCC/C=C\C/C=C\CCCCC. The molecule has 2 heteroatoms. The van der Waals surface area contributed by atoms with E-state index in [0.29, 0.717) is 0 Å². The summed E-state index contributed by atoms with van der Waals surface area (Å²) in [5.41, 5.74) is 0. The van der Waals surface area contributed by atoms with Crippen LogP contribution >= 0.6 is 0 Å². The molecule has 0 aromatic heterocycles. The maximum atomic E-state index is 12.1. The normalized spacial score (nSPS) is 12.5. The van der Waals surface area contributed by atoms with Crippen LogP contribution in [0.2, 0.25) is 0 Å². The van der Waals surface area contributed by atoms with E-state index in [1.54, 1.807) is 12.2 Å². The van der Waals surface area contributed by atoms with Crippen LogP contribution in [0.5, 0.6) is 0 Å². The summed E-state index contributed by atoms with van der Waals surface area (Å²) in [6.45, 7) is 6.39. The predicted octanol–water partition coefficient (Wildman–Crippen LogP) is 13.9. The largest absolute Gasteiger partial charge is 0.459 e. The Labute approximate surface area is 269 Å². The van der Waals surface area contributed by atoms with E-state index in [1.807, 2.05) is 6.92 Å². The Kier molecular flexibility index (Phi) is 34.8. The van der Waals surface area contributed by atoms with E-state index < -0.39 is 0 Å². The Bertz CT molecular complexity index is 663. The van der Waals surface area contributed by atoms with Crippen molar-refractivity contribution in [3.05, 3.63) is 60.8 Å². The van der Waals surface area contributed by atoms with Gasteiger partial charge in [0, 0.05) is 6.08 Å². The predicted molar refractivity (Wildman–Crippen MR) is 193 cm³/mol. The second-order valence-corrected chi connectivity index (χ2v) is 12.3. The van der Waals surface area contributed by atoms with E-state index in [1.165, 1.54) is 141 Å². The number of allylic oxidation sites excluding steroid dienone is 9. The molecule has 0 saturated carbocycles. The van der Waals surface area contributed by atoms with Gasteiger partial charge in [0.2, 0.25) is 0 Å². The number of ether oxygens (including phenoxy) is 1. The molecule has 0 radical (unpaired) electrons. The minimum absolute atomic E-state index is 0.0837. The van der Waals surface area contributed by atoms with Crippen LogP contribution < -0.4 is 0 Å². The van der Waals surface area contributed by atoms with Crippen LogP contribution in [-0.2, 0) is 9.53 Å². The first-order valence-electron chi connectivity index (χ1n) is 18.7. The lowest BCUT2D eigenvalue weighted by molar-refractivity contribution is -0.143. The summed E-state index contributed by atoms with van der Waals surface area (Å²) in [6.07, 6.45) is 54.4. The molecule has 0 amide bonds. The van der Waals surface area contributed by atoms with Crippen molar-refractivity contribution in [1.82, 2.24) is 0 Å². The van der Waals surface area contributed by atoms with Gasteiger partial charge in [-0.15, -0.1) is 0 Å². The maximum absolute atomic E-state index is 12.1. The van der Waals surface area contributed by atoms with Crippen LogP contribution in [0.3, 0.4) is 0 Å². The van der Waals surface area contributed by atoms with Crippen molar-refractivity contribution in [2.75, 3.05) is 0 Å². The molecule has 0 aromatic carbocycles. The van der Waals surface area contributed by atoms with Crippen LogP contribution in [0, 0.1) is 0 Å². The highest BCUT2D eigenvalue weighted by molar-refractivity contribution is 5.81. The highest BCUT2D eigenvalue weighted by Crippen LogP contribution is 2.18. The molecule has 0 bridgehead atoms. The zero-order valence-electron chi connectivity index (χ0n) is 29.1. The van der Waals surface area contributed by atoms with Crippen LogP contribution in [0.15, 0.2) is 60.8 Å². The second-order valence-electron chi connectivity index (χ2n) is 12.3. The fraction of sp³-hybridized carbons (Fsp3) is 0.732. The first-order valence-corrected chi connectivity index (χ1v) is 18.7. The number of hydrogen-bond donors (Lipinski definition) is 0. The summed E-state index contributed by atoms with van der Waals surface area (Å²) < 4.78 is 5.79. The highest BCUT2D eigenvalue weighted by Gasteiger charge is 2.12. The van der Waals surface area contributed by atoms with Gasteiger partial charge in [-0.3, -0.25) is 0 Å². The second kappa shape index (κ2) is 36.4. The molecular formula is C41H72O2. The van der Waals surface area contributed by atoms with Crippen LogP contribution in [-0.4, -0.2) is 12.1 Å². The minimum Gasteiger partial charge on any atom is -0.459 e. The van der Waals surface area contributed by atoms with Gasteiger partial charge in [0.05, 0.1) is 0 Å². The van der Waals surface area contributed by atoms with Crippen LogP contribution in [0.25, 0.3) is 0 Å². The van der Waals surface area contributed by atoms with E-state index in [2.05, 4.69) is 62.5 Å². The Balaban J connectivity index is 3.82. The minimum atomic E-state index is -0.174. The third-order valence-electron chi connectivity index (χ3n) is 8.04. The highest BCUT2D eigenvalue weighted by atomic mass is 16.5. The molecule has 0 N–H and O–H groups in total. The van der Waals surface area contributed by atoms with Crippen molar-refractivity contribution in [3.8, 4) is 0 Å². The van der Waals surface area contributed by atoms with Gasteiger partial charge in [0.1, 0.15) is 6.10 Å². The maximum Gasteiger partial charge on any atom is 0.330 e. The zero-order chi connectivity index (χ0) is 31.3. The smallest absolute Gasteiger partial charge is 0.330 e. The molecular weight excluding hydrogens is 524 g/mol. The van der Waals surface area contributed by atoms with Crippen molar-refractivity contribution in [2.45, 2.75) is 194 Å². The summed E-state index contributed by atoms with van der Waals surface area (Å²) in [4.78, 5) is 12.1. The zero-order valence-corrected chi connectivity index (χ0v) is 29.1. The number of carbonyl (C=O) groups excluding carboxylic acids is 1. The van der Waals surface area contributed by atoms with Crippen molar-refractivity contribution >= 4 is 5.97 Å². The third kappa shape index (κ3) is 34.5. The molecule has 0 atom stereocenters. The fourth-order valence-electron chi connectivity index (χ4n) is 5.32. The van der Waals surface area contributed by atoms with Gasteiger partial charge in [-0.1, -0.05) is 146 Å². The van der Waals surface area contributed by atoms with Gasteiger partial charge in [0.25, 0.3) is 0 Å². The lowest BCUT2D eigenvalue weighted by Gasteiger charge is -2.17. The number of esters is 1. The molecule has 43 heavy (non-hydrogen) atoms. The van der Waals surface area contributed by atoms with Crippen molar-refractivity contribution in [2.24, 2.45) is 0 Å². The van der Waals surface area contributed by atoms with Gasteiger partial charge >= 0.3 is 5.97 Å². The molecule has 0 fully saturated rings. The summed E-state index contributed by atoms with van der Waals surface area (Å²) in [5, 5.41) is 0. The van der Waals surface area contributed by atoms with Crippen LogP contribution in [0.1, 0.15) is 188 Å². The topological polar surface area (TPSA) is 26.3 Å². The van der Waals surface area contributed by atoms with E-state index in [-0.39, 0.29) is 12.1 Å². The average molecular weight is 597 g/mol. The van der Waals surface area contributed by atoms with E-state index in [4.69, 9.17) is 4.74 Å². The first kappa shape index (κ1) is 41.2. The quantitative estimate of drug-likeness (QED) is 0.0334. The molecule has 0 heterocycles. The molecule has 0 aliphatic carbocycles. The van der Waals surface area contributed by atoms with Gasteiger partial charge in [0.15, 0.2) is 0 Å². The molecule has 248 valence electrons. The van der Waals surface area contributed by atoms with E-state index in [9.17, 15) is 4.79 Å². The monoisotopic (exact) mass is 597 g/mol. The Morgan fingerprint density at radius 3 is 1.21 bits per heavy atom. The Morgan fingerprint density at radius 2 is 0.837 bits per heavy atom. The van der Waals surface area contributed by atoms with E-state index >= 15 is 0 Å². The third-order valence-corrected chi connectivity index (χ3v) is 8.04. The molecule has 0 saturated heterocycles. The molecule has 0 unspecified atom stereocenters. The molecule has 0 aromatic rings. The van der Waals surface area contributed by atoms with Gasteiger partial charge in [-0.05, 0) is 96.8 Å². The van der Waals surface area contributed by atoms with Crippen LogP contribution in [0.4, 0.5) is 0 Å². The lowest BCUT2D eigenvalue weighted by atomic mass is 10.0. The average Bonchev–Trinajstić information content (AvgIpc) is 3.00. The Morgan fingerprint density at radius 1 is 0.488 bits per heavy atom. The number of hydrogen-bond acceptors (Lipinski definition) is 2. The van der Waals surface area contributed by atoms with Gasteiger partial charge in [-0.2, -0.15) is 0 Å². The fourth-order valence-corrected chi connectivity index (χ4v) is 5.32. The molecule has 0 spiro atoms. The van der Waals surface area contributed by atoms with Crippen molar-refractivity contribution < 1.29 is 9.53 Å². The first-order chi connectivity index (χ1) is 21.2. The number of carbonyl (C=O) groups is 1. The Hall–Kier alpha value is -1.83. The molecule has 0 rings (SSSR count). The summed E-state index contributed by atoms with van der Waals surface area (Å²) in [6, 6.07) is 0. The molecule has 0 aliphatic rings. The summed E-state index contributed by atoms with van der Waals surface area (Å²) in [5.74, 6) is -0.174. The number of rotatable bonds is 32. The van der Waals surface area contributed by atoms with E-state index in [0.717, 1.165) is 25.7 Å². The summed E-state index contributed by atoms with van der Waals surface area (Å²) in [7, 11) is 0. The lowest BCUT2D eigenvalue weighted by Crippen LogP contribution is -2.17. The number of unbranched alkanes of at least 4 members (excludes halogenated alkanes) is 18.